The van der Waals surface area contributed by atoms with Crippen LogP contribution in [0.5, 0.6) is 0 Å². The van der Waals surface area contributed by atoms with Crippen molar-refractivity contribution in [1.29, 1.82) is 0 Å². The van der Waals surface area contributed by atoms with E-state index in [4.69, 9.17) is 0 Å². The molecular formula is C12H18N2O3S2. The van der Waals surface area contributed by atoms with Gasteiger partial charge in [-0.3, -0.25) is 4.79 Å². The molecule has 1 aliphatic heterocycles. The standard InChI is InChI=1S/C12H18N2O3S2/c1-9(2)13-12(15)11-10(5-8-18-11)19(16,17)14-6-3-4-7-14/h5,8-9H,3-4,6-7H2,1-2H3,(H,13,15). The van der Waals surface area contributed by atoms with Gasteiger partial charge in [0, 0.05) is 19.1 Å². The van der Waals surface area contributed by atoms with Crippen LogP contribution < -0.4 is 5.32 Å². The van der Waals surface area contributed by atoms with E-state index in [0.29, 0.717) is 13.1 Å². The smallest absolute Gasteiger partial charge is 0.262 e. The summed E-state index contributed by atoms with van der Waals surface area (Å²) in [4.78, 5) is 12.4. The van der Waals surface area contributed by atoms with Crippen molar-refractivity contribution in [2.24, 2.45) is 0 Å². The molecule has 1 aromatic rings. The van der Waals surface area contributed by atoms with Gasteiger partial charge in [-0.05, 0) is 38.1 Å². The highest BCUT2D eigenvalue weighted by Crippen LogP contribution is 2.27. The second-order valence-corrected chi connectivity index (χ2v) is 7.68. The molecule has 0 saturated carbocycles. The molecule has 106 valence electrons. The molecule has 19 heavy (non-hydrogen) atoms. The number of carbonyl (C=O) groups excluding carboxylic acids is 1. The summed E-state index contributed by atoms with van der Waals surface area (Å²) < 4.78 is 26.4. The number of nitrogens with zero attached hydrogens (tertiary/aromatic N) is 1. The van der Waals surface area contributed by atoms with Gasteiger partial charge in [0.1, 0.15) is 9.77 Å². The summed E-state index contributed by atoms with van der Waals surface area (Å²) in [6.07, 6.45) is 1.77. The average molecular weight is 302 g/mol. The molecule has 1 N–H and O–H groups in total. The number of hydrogen-bond acceptors (Lipinski definition) is 4. The normalized spacial score (nSPS) is 17.0. The maximum absolute atomic E-state index is 12.5. The minimum atomic E-state index is -3.52. The van der Waals surface area contributed by atoms with E-state index in [0.717, 1.165) is 12.8 Å². The lowest BCUT2D eigenvalue weighted by atomic mass is 10.3. The molecule has 7 heteroatoms. The number of thiophene rings is 1. The average Bonchev–Trinajstić information content (AvgIpc) is 3.00. The van der Waals surface area contributed by atoms with Crippen molar-refractivity contribution in [2.75, 3.05) is 13.1 Å². The molecular weight excluding hydrogens is 284 g/mol. The Labute approximate surface area is 117 Å². The van der Waals surface area contributed by atoms with Crippen LogP contribution in [0.3, 0.4) is 0 Å². The molecule has 2 heterocycles. The Kier molecular flexibility index (Phi) is 4.27. The van der Waals surface area contributed by atoms with Crippen LogP contribution in [0.15, 0.2) is 16.3 Å². The monoisotopic (exact) mass is 302 g/mol. The van der Waals surface area contributed by atoms with Crippen molar-refractivity contribution >= 4 is 27.3 Å². The number of rotatable bonds is 4. The van der Waals surface area contributed by atoms with Gasteiger partial charge in [-0.2, -0.15) is 4.31 Å². The first kappa shape index (κ1) is 14.5. The number of amides is 1. The molecule has 0 bridgehead atoms. The summed E-state index contributed by atoms with van der Waals surface area (Å²) >= 11 is 1.17. The SMILES string of the molecule is CC(C)NC(=O)c1sccc1S(=O)(=O)N1CCCC1. The Bertz CT molecular complexity index is 557. The van der Waals surface area contributed by atoms with Gasteiger partial charge in [-0.1, -0.05) is 0 Å². The molecule has 0 aromatic carbocycles. The molecule has 0 aliphatic carbocycles. The van der Waals surface area contributed by atoms with Crippen LogP contribution in [-0.4, -0.2) is 37.8 Å². The predicted molar refractivity (Wildman–Crippen MR) is 74.9 cm³/mol. The zero-order chi connectivity index (χ0) is 14.0. The lowest BCUT2D eigenvalue weighted by Crippen LogP contribution is -2.33. The van der Waals surface area contributed by atoms with Gasteiger partial charge in [0.15, 0.2) is 0 Å². The van der Waals surface area contributed by atoms with Crippen LogP contribution in [0.2, 0.25) is 0 Å². The van der Waals surface area contributed by atoms with Crippen LogP contribution in [0.4, 0.5) is 0 Å². The maximum Gasteiger partial charge on any atom is 0.262 e. The van der Waals surface area contributed by atoms with Crippen LogP contribution >= 0.6 is 11.3 Å². The zero-order valence-corrected chi connectivity index (χ0v) is 12.7. The lowest BCUT2D eigenvalue weighted by Gasteiger charge is -2.16. The first-order valence-corrected chi connectivity index (χ1v) is 8.63. The highest BCUT2D eigenvalue weighted by atomic mass is 32.2. The van der Waals surface area contributed by atoms with Crippen molar-refractivity contribution in [3.8, 4) is 0 Å². The molecule has 5 nitrogen and oxygen atoms in total. The third-order valence-corrected chi connectivity index (χ3v) is 5.92. The molecule has 1 fully saturated rings. The number of nitrogens with one attached hydrogen (secondary N) is 1. The fourth-order valence-electron chi connectivity index (χ4n) is 2.06. The second-order valence-electron chi connectivity index (χ2n) is 4.85. The minimum Gasteiger partial charge on any atom is -0.349 e. The molecule has 2 rings (SSSR count). The number of hydrogen-bond donors (Lipinski definition) is 1. The largest absolute Gasteiger partial charge is 0.349 e. The van der Waals surface area contributed by atoms with E-state index < -0.39 is 10.0 Å². The highest BCUT2D eigenvalue weighted by Gasteiger charge is 2.31. The van der Waals surface area contributed by atoms with Crippen LogP contribution in [0, 0.1) is 0 Å². The second kappa shape index (κ2) is 5.60. The van der Waals surface area contributed by atoms with E-state index in [2.05, 4.69) is 5.32 Å². The summed E-state index contributed by atoms with van der Waals surface area (Å²) in [7, 11) is -3.52. The molecule has 0 atom stereocenters. The van der Waals surface area contributed by atoms with E-state index in [-0.39, 0.29) is 21.7 Å². The van der Waals surface area contributed by atoms with E-state index in [1.807, 2.05) is 13.8 Å². The molecule has 0 radical (unpaired) electrons. The molecule has 0 unspecified atom stereocenters. The van der Waals surface area contributed by atoms with Gasteiger partial charge >= 0.3 is 0 Å². The van der Waals surface area contributed by atoms with E-state index in [9.17, 15) is 13.2 Å². The fraction of sp³-hybridized carbons (Fsp3) is 0.583. The Hall–Kier alpha value is -0.920. The molecule has 1 saturated heterocycles. The molecule has 1 amide bonds. The van der Waals surface area contributed by atoms with Crippen molar-refractivity contribution in [3.63, 3.8) is 0 Å². The van der Waals surface area contributed by atoms with Gasteiger partial charge < -0.3 is 5.32 Å². The first-order valence-electron chi connectivity index (χ1n) is 6.31. The van der Waals surface area contributed by atoms with Crippen molar-refractivity contribution < 1.29 is 13.2 Å². The van der Waals surface area contributed by atoms with Crippen molar-refractivity contribution in [1.82, 2.24) is 9.62 Å². The van der Waals surface area contributed by atoms with E-state index >= 15 is 0 Å². The fourth-order valence-corrected chi connectivity index (χ4v) is 4.88. The number of sulfonamides is 1. The predicted octanol–water partition coefficient (Wildman–Crippen LogP) is 1.67. The Morgan fingerprint density at radius 3 is 2.58 bits per heavy atom. The topological polar surface area (TPSA) is 66.5 Å². The summed E-state index contributed by atoms with van der Waals surface area (Å²) in [6, 6.07) is 1.50. The first-order chi connectivity index (χ1) is 8.93. The molecule has 1 aromatic heterocycles. The van der Waals surface area contributed by atoms with E-state index in [1.165, 1.54) is 21.7 Å². The quantitative estimate of drug-likeness (QED) is 0.920. The number of carbonyl (C=O) groups is 1. The lowest BCUT2D eigenvalue weighted by molar-refractivity contribution is 0.0944. The van der Waals surface area contributed by atoms with Crippen LogP contribution in [0.1, 0.15) is 36.4 Å². The third-order valence-electron chi connectivity index (χ3n) is 2.94. The highest BCUT2D eigenvalue weighted by molar-refractivity contribution is 7.89. The molecule has 0 spiro atoms. The van der Waals surface area contributed by atoms with E-state index in [1.54, 1.807) is 5.38 Å². The van der Waals surface area contributed by atoms with Gasteiger partial charge in [-0.25, -0.2) is 8.42 Å². The van der Waals surface area contributed by atoms with Crippen molar-refractivity contribution in [2.45, 2.75) is 37.6 Å². The summed E-state index contributed by atoms with van der Waals surface area (Å²) in [5, 5.41) is 4.39. The van der Waals surface area contributed by atoms with Gasteiger partial charge in [-0.15, -0.1) is 11.3 Å². The van der Waals surface area contributed by atoms with Gasteiger partial charge in [0.25, 0.3) is 5.91 Å². The van der Waals surface area contributed by atoms with Crippen LogP contribution in [-0.2, 0) is 10.0 Å². The van der Waals surface area contributed by atoms with Crippen molar-refractivity contribution in [3.05, 3.63) is 16.3 Å². The van der Waals surface area contributed by atoms with Crippen LogP contribution in [0.25, 0.3) is 0 Å². The van der Waals surface area contributed by atoms with Gasteiger partial charge in [0.05, 0.1) is 0 Å². The Morgan fingerprint density at radius 2 is 2.00 bits per heavy atom. The maximum atomic E-state index is 12.5. The Morgan fingerprint density at radius 1 is 1.37 bits per heavy atom. The summed E-state index contributed by atoms with van der Waals surface area (Å²) in [6.45, 7) is 4.78. The minimum absolute atomic E-state index is 0.0167. The van der Waals surface area contributed by atoms with Gasteiger partial charge in [0.2, 0.25) is 10.0 Å². The molecule has 1 aliphatic rings. The Balaban J connectivity index is 2.31. The summed E-state index contributed by atoms with van der Waals surface area (Å²) in [5.74, 6) is -0.317. The summed E-state index contributed by atoms with van der Waals surface area (Å²) in [5.41, 5.74) is 0. The third kappa shape index (κ3) is 2.98. The zero-order valence-electron chi connectivity index (χ0n) is 11.0.